The first-order chi connectivity index (χ1) is 9.06. The van der Waals surface area contributed by atoms with Crippen molar-refractivity contribution in [1.29, 1.82) is 0 Å². The number of carbonyl (C=O) groups is 1. The molecule has 0 heterocycles. The summed E-state index contributed by atoms with van der Waals surface area (Å²) in [5.41, 5.74) is 12.3. The predicted molar refractivity (Wildman–Crippen MR) is 79.2 cm³/mol. The second-order valence-electron chi connectivity index (χ2n) is 3.93. The van der Waals surface area contributed by atoms with E-state index in [4.69, 9.17) is 11.5 Å². The Labute approximate surface area is 121 Å². The molecule has 2 rings (SSSR count). The van der Waals surface area contributed by atoms with Gasteiger partial charge in [0.1, 0.15) is 5.82 Å². The van der Waals surface area contributed by atoms with Crippen molar-refractivity contribution in [1.82, 2.24) is 0 Å². The molecule has 1 amide bonds. The molecule has 0 fully saturated rings. The van der Waals surface area contributed by atoms with Crippen LogP contribution < -0.4 is 11.5 Å². The first-order valence-corrected chi connectivity index (χ1v) is 5.56. The van der Waals surface area contributed by atoms with E-state index in [1.165, 1.54) is 12.1 Å². The number of guanidine groups is 1. The molecule has 0 bridgehead atoms. The molecule has 104 valence electrons. The van der Waals surface area contributed by atoms with Crippen molar-refractivity contribution >= 4 is 24.3 Å². The van der Waals surface area contributed by atoms with Gasteiger partial charge in [0.2, 0.25) is 0 Å². The van der Waals surface area contributed by atoms with Gasteiger partial charge in [-0.05, 0) is 35.4 Å². The second kappa shape index (κ2) is 6.68. The maximum atomic E-state index is 12.9. The molecular formula is C14H13ClFN3O. The van der Waals surface area contributed by atoms with Crippen molar-refractivity contribution in [2.75, 3.05) is 0 Å². The molecule has 2 aromatic rings. The summed E-state index contributed by atoms with van der Waals surface area (Å²) in [6, 6.07) is 12.8. The Morgan fingerprint density at radius 3 is 2.25 bits per heavy atom. The van der Waals surface area contributed by atoms with Crippen LogP contribution in [0, 0.1) is 5.82 Å². The number of hydrogen-bond acceptors (Lipinski definition) is 1. The van der Waals surface area contributed by atoms with E-state index < -0.39 is 5.91 Å². The van der Waals surface area contributed by atoms with E-state index in [1.54, 1.807) is 30.3 Å². The number of hydrogen-bond donors (Lipinski definition) is 2. The van der Waals surface area contributed by atoms with Gasteiger partial charge >= 0.3 is 0 Å². The molecule has 0 atom stereocenters. The Hall–Kier alpha value is -2.40. The number of amides is 1. The van der Waals surface area contributed by atoms with E-state index in [-0.39, 0.29) is 24.2 Å². The maximum absolute atomic E-state index is 12.9. The Balaban J connectivity index is 0.00000200. The van der Waals surface area contributed by atoms with Gasteiger partial charge < -0.3 is 11.5 Å². The van der Waals surface area contributed by atoms with Gasteiger partial charge in [0, 0.05) is 5.56 Å². The van der Waals surface area contributed by atoms with Gasteiger partial charge in [0.15, 0.2) is 5.96 Å². The average Bonchev–Trinajstić information content (AvgIpc) is 2.39. The summed E-state index contributed by atoms with van der Waals surface area (Å²) in [6.07, 6.45) is 0. The molecule has 4 N–H and O–H groups in total. The van der Waals surface area contributed by atoms with E-state index in [0.717, 1.165) is 11.1 Å². The van der Waals surface area contributed by atoms with E-state index in [9.17, 15) is 9.18 Å². The normalized spacial score (nSPS) is 9.45. The number of benzene rings is 2. The van der Waals surface area contributed by atoms with E-state index in [2.05, 4.69) is 4.99 Å². The Kier molecular flexibility index (Phi) is 5.23. The Bertz CT molecular complexity index is 637. The summed E-state index contributed by atoms with van der Waals surface area (Å²) >= 11 is 0. The maximum Gasteiger partial charge on any atom is 0.280 e. The van der Waals surface area contributed by atoms with E-state index >= 15 is 0 Å². The van der Waals surface area contributed by atoms with Gasteiger partial charge in [-0.3, -0.25) is 4.79 Å². The zero-order chi connectivity index (χ0) is 13.8. The Morgan fingerprint density at radius 2 is 1.65 bits per heavy atom. The molecule has 4 nitrogen and oxygen atoms in total. The average molecular weight is 294 g/mol. The number of aliphatic imine (C=N–C) groups is 1. The molecular weight excluding hydrogens is 281 g/mol. The summed E-state index contributed by atoms with van der Waals surface area (Å²) in [5, 5.41) is 0. The van der Waals surface area contributed by atoms with Gasteiger partial charge in [-0.2, -0.15) is 4.99 Å². The molecule has 6 heteroatoms. The SMILES string of the molecule is Cl.NC(N)=NC(=O)c1cccc(-c2ccc(F)cc2)c1. The lowest BCUT2D eigenvalue weighted by Crippen LogP contribution is -2.24. The third kappa shape index (κ3) is 3.80. The number of nitrogens with two attached hydrogens (primary N) is 2. The van der Waals surface area contributed by atoms with Crippen LogP contribution in [0.25, 0.3) is 11.1 Å². The highest BCUT2D eigenvalue weighted by Gasteiger charge is 2.06. The highest BCUT2D eigenvalue weighted by molar-refractivity contribution is 6.02. The highest BCUT2D eigenvalue weighted by Crippen LogP contribution is 2.21. The second-order valence-corrected chi connectivity index (χ2v) is 3.93. The third-order valence-electron chi connectivity index (χ3n) is 2.52. The zero-order valence-corrected chi connectivity index (χ0v) is 11.2. The molecule has 2 aromatic carbocycles. The number of rotatable bonds is 2. The summed E-state index contributed by atoms with van der Waals surface area (Å²) in [7, 11) is 0. The van der Waals surface area contributed by atoms with Crippen LogP contribution in [0.4, 0.5) is 4.39 Å². The largest absolute Gasteiger partial charge is 0.370 e. The van der Waals surface area contributed by atoms with Crippen LogP contribution in [0.3, 0.4) is 0 Å². The minimum Gasteiger partial charge on any atom is -0.370 e. The summed E-state index contributed by atoms with van der Waals surface area (Å²) in [5.74, 6) is -1.10. The fourth-order valence-electron chi connectivity index (χ4n) is 1.66. The Morgan fingerprint density at radius 1 is 1.00 bits per heavy atom. The summed E-state index contributed by atoms with van der Waals surface area (Å²) in [6.45, 7) is 0. The zero-order valence-electron chi connectivity index (χ0n) is 10.4. The van der Waals surface area contributed by atoms with Crippen molar-refractivity contribution in [2.45, 2.75) is 0 Å². The highest BCUT2D eigenvalue weighted by atomic mass is 35.5. The molecule has 0 aliphatic heterocycles. The van der Waals surface area contributed by atoms with Gasteiger partial charge in [-0.25, -0.2) is 4.39 Å². The fraction of sp³-hybridized carbons (Fsp3) is 0. The molecule has 0 spiro atoms. The lowest BCUT2D eigenvalue weighted by Gasteiger charge is -2.03. The lowest BCUT2D eigenvalue weighted by atomic mass is 10.0. The van der Waals surface area contributed by atoms with Gasteiger partial charge in [-0.1, -0.05) is 24.3 Å². The van der Waals surface area contributed by atoms with Gasteiger partial charge in [-0.15, -0.1) is 12.4 Å². The lowest BCUT2D eigenvalue weighted by molar-refractivity contribution is 0.100. The number of halogens is 2. The van der Waals surface area contributed by atoms with Crippen LogP contribution in [0.5, 0.6) is 0 Å². The van der Waals surface area contributed by atoms with Crippen molar-refractivity contribution in [3.05, 3.63) is 59.9 Å². The minimum atomic E-state index is -0.510. The predicted octanol–water partition coefficient (Wildman–Crippen LogP) is 2.33. The van der Waals surface area contributed by atoms with Crippen molar-refractivity contribution < 1.29 is 9.18 Å². The molecule has 20 heavy (non-hydrogen) atoms. The molecule has 0 unspecified atom stereocenters. The van der Waals surface area contributed by atoms with Crippen LogP contribution in [0.1, 0.15) is 10.4 Å². The molecule has 0 saturated heterocycles. The van der Waals surface area contributed by atoms with Gasteiger partial charge in [0.05, 0.1) is 0 Å². The molecule has 0 saturated carbocycles. The van der Waals surface area contributed by atoms with E-state index in [0.29, 0.717) is 5.56 Å². The number of carbonyl (C=O) groups excluding carboxylic acids is 1. The minimum absolute atomic E-state index is 0. The quantitative estimate of drug-likeness (QED) is 0.658. The molecule has 0 aromatic heterocycles. The van der Waals surface area contributed by atoms with Crippen LogP contribution >= 0.6 is 12.4 Å². The molecule has 0 aliphatic carbocycles. The topological polar surface area (TPSA) is 81.5 Å². The standard InChI is InChI=1S/C14H12FN3O.ClH/c15-12-6-4-9(5-7-12)10-2-1-3-11(8-10)13(19)18-14(16)17;/h1-8H,(H4,16,17,18,19);1H. The fourth-order valence-corrected chi connectivity index (χ4v) is 1.66. The van der Waals surface area contributed by atoms with Crippen molar-refractivity contribution in [3.8, 4) is 11.1 Å². The van der Waals surface area contributed by atoms with Crippen molar-refractivity contribution in [2.24, 2.45) is 16.5 Å². The summed E-state index contributed by atoms with van der Waals surface area (Å²) < 4.78 is 12.9. The van der Waals surface area contributed by atoms with Crippen LogP contribution in [-0.4, -0.2) is 11.9 Å². The van der Waals surface area contributed by atoms with Crippen LogP contribution in [0.15, 0.2) is 53.5 Å². The van der Waals surface area contributed by atoms with E-state index in [1.807, 2.05) is 6.07 Å². The number of nitrogens with zero attached hydrogens (tertiary/aromatic N) is 1. The summed E-state index contributed by atoms with van der Waals surface area (Å²) in [4.78, 5) is 15.2. The first kappa shape index (κ1) is 15.7. The van der Waals surface area contributed by atoms with Crippen molar-refractivity contribution in [3.63, 3.8) is 0 Å². The smallest absolute Gasteiger partial charge is 0.280 e. The third-order valence-corrected chi connectivity index (χ3v) is 2.52. The van der Waals surface area contributed by atoms with Crippen LogP contribution in [0.2, 0.25) is 0 Å². The molecule has 0 aliphatic rings. The van der Waals surface area contributed by atoms with Crippen LogP contribution in [-0.2, 0) is 0 Å². The monoisotopic (exact) mass is 293 g/mol. The van der Waals surface area contributed by atoms with Gasteiger partial charge in [0.25, 0.3) is 5.91 Å². The molecule has 0 radical (unpaired) electrons. The first-order valence-electron chi connectivity index (χ1n) is 5.56.